The Morgan fingerprint density at radius 2 is 1.89 bits per heavy atom. The van der Waals surface area contributed by atoms with Crippen molar-refractivity contribution < 1.29 is 17.9 Å². The molecule has 2 aliphatic rings. The Bertz CT molecular complexity index is 838. The van der Waals surface area contributed by atoms with Crippen LogP contribution in [0.15, 0.2) is 23.1 Å². The number of ether oxygens (including phenoxy) is 1. The number of hydrogen-bond acceptors (Lipinski definition) is 6. The molecule has 0 radical (unpaired) electrons. The smallest absolute Gasteiger partial charge is 0.243 e. The van der Waals surface area contributed by atoms with Crippen molar-refractivity contribution in [1.82, 2.24) is 9.21 Å². The summed E-state index contributed by atoms with van der Waals surface area (Å²) in [6.45, 7) is 3.20. The first kappa shape index (κ1) is 21.8. The summed E-state index contributed by atoms with van der Waals surface area (Å²) in [5, 5.41) is 2.97. The maximum Gasteiger partial charge on any atom is 0.243 e. The first-order chi connectivity index (χ1) is 13.4. The van der Waals surface area contributed by atoms with Gasteiger partial charge in [-0.15, -0.1) is 0 Å². The van der Waals surface area contributed by atoms with E-state index in [9.17, 15) is 13.2 Å². The maximum absolute atomic E-state index is 12.8. The molecular formula is C17H22ClN3O4S3. The van der Waals surface area contributed by atoms with E-state index in [4.69, 9.17) is 28.6 Å². The van der Waals surface area contributed by atoms with E-state index in [0.29, 0.717) is 30.6 Å². The van der Waals surface area contributed by atoms with E-state index in [1.807, 2.05) is 0 Å². The minimum Gasteiger partial charge on any atom is -0.379 e. The molecule has 2 aliphatic heterocycles. The van der Waals surface area contributed by atoms with E-state index < -0.39 is 10.0 Å². The molecule has 0 bridgehead atoms. The quantitative estimate of drug-likeness (QED) is 0.671. The van der Waals surface area contributed by atoms with Gasteiger partial charge in [0.2, 0.25) is 15.9 Å². The Morgan fingerprint density at radius 1 is 1.21 bits per heavy atom. The highest BCUT2D eigenvalue weighted by molar-refractivity contribution is 8.23. The van der Waals surface area contributed by atoms with Crippen LogP contribution in [0.3, 0.4) is 0 Å². The number of morpholine rings is 1. The predicted molar refractivity (Wildman–Crippen MR) is 116 cm³/mol. The topological polar surface area (TPSA) is 79.0 Å². The summed E-state index contributed by atoms with van der Waals surface area (Å²) in [6.07, 6.45) is 2.24. The van der Waals surface area contributed by atoms with Gasteiger partial charge < -0.3 is 15.0 Å². The van der Waals surface area contributed by atoms with Crippen LogP contribution in [-0.4, -0.2) is 73.0 Å². The van der Waals surface area contributed by atoms with Gasteiger partial charge in [-0.3, -0.25) is 4.79 Å². The van der Waals surface area contributed by atoms with Crippen LogP contribution in [0.1, 0.15) is 12.8 Å². The van der Waals surface area contributed by atoms with Gasteiger partial charge >= 0.3 is 0 Å². The third-order valence-electron chi connectivity index (χ3n) is 4.51. The lowest BCUT2D eigenvalue weighted by Crippen LogP contribution is -2.40. The number of carbonyl (C=O) groups is 1. The van der Waals surface area contributed by atoms with Gasteiger partial charge in [-0.05, 0) is 31.0 Å². The van der Waals surface area contributed by atoms with Gasteiger partial charge in [0.1, 0.15) is 4.32 Å². The summed E-state index contributed by atoms with van der Waals surface area (Å²) < 4.78 is 32.9. The number of benzene rings is 1. The fourth-order valence-corrected chi connectivity index (χ4v) is 5.65. The van der Waals surface area contributed by atoms with Crippen LogP contribution in [0.2, 0.25) is 5.02 Å². The van der Waals surface area contributed by atoms with E-state index in [1.54, 1.807) is 0 Å². The molecule has 3 rings (SSSR count). The molecule has 1 amide bonds. The number of likely N-dealkylation sites (tertiary alicyclic amines) is 1. The molecule has 2 fully saturated rings. The molecule has 28 heavy (non-hydrogen) atoms. The minimum absolute atomic E-state index is 0.0920. The first-order valence-electron chi connectivity index (χ1n) is 8.97. The van der Waals surface area contributed by atoms with E-state index in [-0.39, 0.29) is 27.3 Å². The van der Waals surface area contributed by atoms with Gasteiger partial charge in [0, 0.05) is 26.2 Å². The number of thiocarbonyl (C=S) groups is 1. The molecule has 1 aromatic carbocycles. The van der Waals surface area contributed by atoms with Gasteiger partial charge in [-0.2, -0.15) is 4.31 Å². The van der Waals surface area contributed by atoms with Crippen LogP contribution < -0.4 is 5.32 Å². The molecule has 1 aromatic rings. The van der Waals surface area contributed by atoms with E-state index in [1.165, 1.54) is 34.3 Å². The fraction of sp³-hybridized carbons (Fsp3) is 0.529. The number of nitrogens with one attached hydrogen (secondary N) is 1. The minimum atomic E-state index is -3.66. The number of anilines is 1. The molecule has 154 valence electrons. The van der Waals surface area contributed by atoms with Crippen molar-refractivity contribution in [3.63, 3.8) is 0 Å². The van der Waals surface area contributed by atoms with Crippen LogP contribution in [0.25, 0.3) is 0 Å². The molecule has 0 aromatic heterocycles. The number of hydrogen-bond donors (Lipinski definition) is 1. The molecule has 2 heterocycles. The second kappa shape index (κ2) is 9.73. The van der Waals surface area contributed by atoms with Gasteiger partial charge in [0.05, 0.1) is 34.6 Å². The number of sulfonamides is 1. The number of thioether (sulfide) groups is 1. The summed E-state index contributed by atoms with van der Waals surface area (Å²) in [4.78, 5) is 14.5. The van der Waals surface area contributed by atoms with Gasteiger partial charge in [-0.25, -0.2) is 8.42 Å². The number of halogens is 1. The van der Waals surface area contributed by atoms with Crippen molar-refractivity contribution in [1.29, 1.82) is 0 Å². The van der Waals surface area contributed by atoms with Crippen LogP contribution in [0.4, 0.5) is 5.69 Å². The number of amides is 1. The summed E-state index contributed by atoms with van der Waals surface area (Å²) >= 11 is 12.8. The number of nitrogens with zero attached hydrogens (tertiary/aromatic N) is 2. The van der Waals surface area contributed by atoms with Gasteiger partial charge in [0.15, 0.2) is 0 Å². The zero-order valence-electron chi connectivity index (χ0n) is 15.2. The van der Waals surface area contributed by atoms with Crippen LogP contribution in [0.5, 0.6) is 0 Å². The molecule has 0 unspecified atom stereocenters. The molecule has 0 saturated carbocycles. The molecule has 1 N–H and O–H groups in total. The highest BCUT2D eigenvalue weighted by Gasteiger charge is 2.27. The zero-order valence-corrected chi connectivity index (χ0v) is 18.4. The molecule has 2 saturated heterocycles. The molecule has 0 aliphatic carbocycles. The van der Waals surface area contributed by atoms with Crippen LogP contribution in [0, 0.1) is 0 Å². The van der Waals surface area contributed by atoms with Gasteiger partial charge in [0.25, 0.3) is 0 Å². The Morgan fingerprint density at radius 3 is 2.57 bits per heavy atom. The monoisotopic (exact) mass is 463 g/mol. The van der Waals surface area contributed by atoms with Crippen molar-refractivity contribution in [2.45, 2.75) is 17.7 Å². The largest absolute Gasteiger partial charge is 0.379 e. The molecule has 0 atom stereocenters. The second-order valence-electron chi connectivity index (χ2n) is 6.46. The Kier molecular flexibility index (Phi) is 7.57. The normalized spacial score (nSPS) is 18.2. The molecular weight excluding hydrogens is 442 g/mol. The first-order valence-corrected chi connectivity index (χ1v) is 12.2. The van der Waals surface area contributed by atoms with Crippen molar-refractivity contribution >= 4 is 61.5 Å². The highest BCUT2D eigenvalue weighted by atomic mass is 35.5. The van der Waals surface area contributed by atoms with Crippen molar-refractivity contribution in [2.24, 2.45) is 0 Å². The average molecular weight is 464 g/mol. The Balaban J connectivity index is 1.64. The lowest BCUT2D eigenvalue weighted by Gasteiger charge is -2.26. The lowest BCUT2D eigenvalue weighted by atomic mass is 10.3. The zero-order chi connectivity index (χ0) is 20.1. The summed E-state index contributed by atoms with van der Waals surface area (Å²) in [6, 6.07) is 4.32. The standard InChI is InChI=1S/C17H22ClN3O4S3/c18-14-4-3-13(28(23,24)21-7-9-25-10-8-21)11-15(14)19-16(22)12-27-17(26)20-5-1-2-6-20/h3-4,11H,1-2,5-10,12H2,(H,19,22). The van der Waals surface area contributed by atoms with Crippen molar-refractivity contribution in [2.75, 3.05) is 50.5 Å². The van der Waals surface area contributed by atoms with E-state index in [0.717, 1.165) is 25.9 Å². The van der Waals surface area contributed by atoms with E-state index in [2.05, 4.69) is 10.2 Å². The second-order valence-corrected chi connectivity index (χ2v) is 10.4. The van der Waals surface area contributed by atoms with E-state index >= 15 is 0 Å². The highest BCUT2D eigenvalue weighted by Crippen LogP contribution is 2.27. The average Bonchev–Trinajstić information content (AvgIpc) is 3.23. The summed E-state index contributed by atoms with van der Waals surface area (Å²) in [5.74, 6) is -0.138. The SMILES string of the molecule is O=C(CSC(=S)N1CCCC1)Nc1cc(S(=O)(=O)N2CCOCC2)ccc1Cl. The summed E-state index contributed by atoms with van der Waals surface area (Å²) in [5.41, 5.74) is 0.272. The van der Waals surface area contributed by atoms with Crippen LogP contribution in [-0.2, 0) is 19.6 Å². The fourth-order valence-electron chi connectivity index (χ4n) is 3.00. The van der Waals surface area contributed by atoms with Crippen molar-refractivity contribution in [3.05, 3.63) is 23.2 Å². The Hall–Kier alpha value is -0.910. The number of carbonyl (C=O) groups excluding carboxylic acids is 1. The Labute approximate surface area is 179 Å². The predicted octanol–water partition coefficient (Wildman–Crippen LogP) is 2.41. The third-order valence-corrected chi connectivity index (χ3v) is 8.26. The number of rotatable bonds is 5. The molecule has 0 spiro atoms. The van der Waals surface area contributed by atoms with Crippen LogP contribution >= 0.6 is 35.6 Å². The molecule has 7 nitrogen and oxygen atoms in total. The molecule has 11 heteroatoms. The third kappa shape index (κ3) is 5.37. The summed E-state index contributed by atoms with van der Waals surface area (Å²) in [7, 11) is -3.66. The lowest BCUT2D eigenvalue weighted by molar-refractivity contribution is -0.113. The van der Waals surface area contributed by atoms with Gasteiger partial charge in [-0.1, -0.05) is 35.6 Å². The maximum atomic E-state index is 12.8. The van der Waals surface area contributed by atoms with Crippen molar-refractivity contribution in [3.8, 4) is 0 Å².